The number of aromatic nitrogens is 2. The fourth-order valence-corrected chi connectivity index (χ4v) is 4.64. The third-order valence-corrected chi connectivity index (χ3v) is 6.76. The number of hydrogen-bond acceptors (Lipinski definition) is 4. The summed E-state index contributed by atoms with van der Waals surface area (Å²) in [6.45, 7) is 1.67. The maximum atomic E-state index is 13.8. The van der Waals surface area contributed by atoms with Crippen molar-refractivity contribution >= 4 is 21.4 Å². The van der Waals surface area contributed by atoms with E-state index in [-0.39, 0.29) is 27.8 Å². The Morgan fingerprint density at radius 1 is 1.10 bits per heavy atom. The van der Waals surface area contributed by atoms with Crippen LogP contribution < -0.4 is 5.32 Å². The van der Waals surface area contributed by atoms with Gasteiger partial charge in [0.05, 0.1) is 15.4 Å². The van der Waals surface area contributed by atoms with Gasteiger partial charge in [0.25, 0.3) is 5.91 Å². The van der Waals surface area contributed by atoms with Crippen LogP contribution in [0.25, 0.3) is 5.65 Å². The minimum Gasteiger partial charge on any atom is -0.348 e. The van der Waals surface area contributed by atoms with Gasteiger partial charge in [0.15, 0.2) is 0 Å². The number of hydrogen-bond donors (Lipinski definition) is 1. The zero-order valence-electron chi connectivity index (χ0n) is 16.0. The number of sulfone groups is 1. The van der Waals surface area contributed by atoms with Gasteiger partial charge in [-0.15, -0.1) is 0 Å². The lowest BCUT2D eigenvalue weighted by Crippen LogP contribution is -2.23. The molecule has 4 rings (SSSR count). The van der Waals surface area contributed by atoms with Crippen LogP contribution in [-0.2, 0) is 16.4 Å². The molecule has 0 atom stereocenters. The SMILES string of the molecule is Cc1c(F)cccc1S(=O)(=O)c1ccc(CNC(=O)c2ccc3nccn3c2)cc1. The Balaban J connectivity index is 1.48. The highest BCUT2D eigenvalue weighted by Crippen LogP contribution is 2.25. The Kier molecular flexibility index (Phi) is 5.09. The molecule has 2 aromatic carbocycles. The average molecular weight is 423 g/mol. The van der Waals surface area contributed by atoms with Crippen LogP contribution in [-0.4, -0.2) is 23.7 Å². The van der Waals surface area contributed by atoms with Crippen molar-refractivity contribution in [2.75, 3.05) is 0 Å². The number of carbonyl (C=O) groups excluding carboxylic acids is 1. The summed E-state index contributed by atoms with van der Waals surface area (Å²) in [6, 6.07) is 13.6. The van der Waals surface area contributed by atoms with Crippen LogP contribution in [0.15, 0.2) is 83.0 Å². The summed E-state index contributed by atoms with van der Waals surface area (Å²) >= 11 is 0. The predicted molar refractivity (Wildman–Crippen MR) is 109 cm³/mol. The highest BCUT2D eigenvalue weighted by atomic mass is 32.2. The molecule has 0 bridgehead atoms. The van der Waals surface area contributed by atoms with Gasteiger partial charge in [-0.3, -0.25) is 4.79 Å². The van der Waals surface area contributed by atoms with E-state index in [1.165, 1.54) is 37.3 Å². The summed E-state index contributed by atoms with van der Waals surface area (Å²) in [4.78, 5) is 16.5. The molecule has 0 aliphatic rings. The number of nitrogens with one attached hydrogen (secondary N) is 1. The molecular formula is C22H18FN3O3S. The molecule has 0 aliphatic heterocycles. The minimum absolute atomic E-state index is 0.0570. The molecular weight excluding hydrogens is 405 g/mol. The van der Waals surface area contributed by atoms with Gasteiger partial charge >= 0.3 is 0 Å². The van der Waals surface area contributed by atoms with Crippen molar-refractivity contribution in [3.63, 3.8) is 0 Å². The van der Waals surface area contributed by atoms with Crippen molar-refractivity contribution in [1.82, 2.24) is 14.7 Å². The van der Waals surface area contributed by atoms with Gasteiger partial charge in [-0.2, -0.15) is 0 Å². The first-order valence-electron chi connectivity index (χ1n) is 9.16. The molecule has 30 heavy (non-hydrogen) atoms. The second kappa shape index (κ2) is 7.72. The summed E-state index contributed by atoms with van der Waals surface area (Å²) in [6.07, 6.45) is 5.10. The maximum Gasteiger partial charge on any atom is 0.253 e. The Morgan fingerprint density at radius 3 is 2.63 bits per heavy atom. The van der Waals surface area contributed by atoms with Crippen molar-refractivity contribution in [1.29, 1.82) is 0 Å². The van der Waals surface area contributed by atoms with Crippen LogP contribution in [0, 0.1) is 12.7 Å². The summed E-state index contributed by atoms with van der Waals surface area (Å²) in [5, 5.41) is 2.81. The first kappa shape index (κ1) is 19.8. The zero-order valence-corrected chi connectivity index (χ0v) is 16.9. The molecule has 1 N–H and O–H groups in total. The minimum atomic E-state index is -3.83. The predicted octanol–water partition coefficient (Wildman–Crippen LogP) is 3.54. The van der Waals surface area contributed by atoms with E-state index in [4.69, 9.17) is 0 Å². The molecule has 0 saturated heterocycles. The van der Waals surface area contributed by atoms with Crippen molar-refractivity contribution in [3.05, 3.63) is 95.7 Å². The van der Waals surface area contributed by atoms with E-state index in [1.807, 2.05) is 0 Å². The van der Waals surface area contributed by atoms with Gasteiger partial charge in [0, 0.05) is 30.7 Å². The van der Waals surface area contributed by atoms with E-state index in [2.05, 4.69) is 10.3 Å². The van der Waals surface area contributed by atoms with Crippen LogP contribution in [0.5, 0.6) is 0 Å². The van der Waals surface area contributed by atoms with Crippen LogP contribution >= 0.6 is 0 Å². The molecule has 4 aromatic rings. The second-order valence-electron chi connectivity index (χ2n) is 6.80. The number of fused-ring (bicyclic) bond motifs is 1. The largest absolute Gasteiger partial charge is 0.348 e. The summed E-state index contributed by atoms with van der Waals surface area (Å²) < 4.78 is 41.1. The van der Waals surface area contributed by atoms with Gasteiger partial charge in [0.1, 0.15) is 11.5 Å². The quantitative estimate of drug-likeness (QED) is 0.532. The Morgan fingerprint density at radius 2 is 1.87 bits per heavy atom. The van der Waals surface area contributed by atoms with Crippen molar-refractivity contribution in [3.8, 4) is 0 Å². The summed E-state index contributed by atoms with van der Waals surface area (Å²) in [5.74, 6) is -0.818. The topological polar surface area (TPSA) is 80.5 Å². The van der Waals surface area contributed by atoms with Crippen LogP contribution in [0.2, 0.25) is 0 Å². The molecule has 152 valence electrons. The molecule has 6 nitrogen and oxygen atoms in total. The lowest BCUT2D eigenvalue weighted by molar-refractivity contribution is 0.0950. The number of pyridine rings is 1. The highest BCUT2D eigenvalue weighted by Gasteiger charge is 2.21. The summed E-state index contributed by atoms with van der Waals surface area (Å²) in [5.41, 5.74) is 2.06. The fraction of sp³-hybridized carbons (Fsp3) is 0.0909. The van der Waals surface area contributed by atoms with Crippen LogP contribution in [0.3, 0.4) is 0 Å². The van der Waals surface area contributed by atoms with E-state index in [0.29, 0.717) is 5.56 Å². The average Bonchev–Trinajstić information content (AvgIpc) is 3.22. The molecule has 0 aliphatic carbocycles. The Hall–Kier alpha value is -3.52. The second-order valence-corrected chi connectivity index (χ2v) is 8.72. The number of amides is 1. The molecule has 0 radical (unpaired) electrons. The third-order valence-electron chi connectivity index (χ3n) is 4.85. The van der Waals surface area contributed by atoms with Gasteiger partial charge in [-0.25, -0.2) is 17.8 Å². The van der Waals surface area contributed by atoms with Crippen molar-refractivity contribution in [2.24, 2.45) is 0 Å². The number of benzene rings is 2. The number of imidazole rings is 1. The van der Waals surface area contributed by atoms with Crippen LogP contribution in [0.1, 0.15) is 21.5 Å². The van der Waals surface area contributed by atoms with E-state index in [0.717, 1.165) is 11.2 Å². The van der Waals surface area contributed by atoms with E-state index in [9.17, 15) is 17.6 Å². The Labute approximate surface area is 172 Å². The van der Waals surface area contributed by atoms with Gasteiger partial charge in [-0.05, 0) is 48.9 Å². The molecule has 0 fully saturated rings. The third kappa shape index (κ3) is 3.69. The zero-order chi connectivity index (χ0) is 21.3. The first-order chi connectivity index (χ1) is 14.4. The Bertz CT molecular complexity index is 1350. The smallest absolute Gasteiger partial charge is 0.253 e. The number of carbonyl (C=O) groups is 1. The molecule has 1 amide bonds. The standard InChI is InChI=1S/C22H18FN3O3S/c1-15-19(23)3-2-4-20(15)30(28,29)18-8-5-16(6-9-18)13-25-22(27)17-7-10-21-24-11-12-26(21)14-17/h2-12,14H,13H2,1H3,(H,25,27). The van der Waals surface area contributed by atoms with E-state index >= 15 is 0 Å². The molecule has 0 spiro atoms. The van der Waals surface area contributed by atoms with Crippen molar-refractivity contribution in [2.45, 2.75) is 23.3 Å². The highest BCUT2D eigenvalue weighted by molar-refractivity contribution is 7.91. The molecule has 0 unspecified atom stereocenters. The van der Waals surface area contributed by atoms with Gasteiger partial charge in [0.2, 0.25) is 9.84 Å². The molecule has 0 saturated carbocycles. The molecule has 2 heterocycles. The van der Waals surface area contributed by atoms with Crippen molar-refractivity contribution < 1.29 is 17.6 Å². The van der Waals surface area contributed by atoms with E-state index < -0.39 is 15.7 Å². The maximum absolute atomic E-state index is 13.8. The van der Waals surface area contributed by atoms with Crippen LogP contribution in [0.4, 0.5) is 4.39 Å². The fourth-order valence-electron chi connectivity index (χ4n) is 3.13. The van der Waals surface area contributed by atoms with E-state index in [1.54, 1.807) is 47.3 Å². The monoisotopic (exact) mass is 423 g/mol. The normalized spacial score (nSPS) is 11.5. The lowest BCUT2D eigenvalue weighted by Gasteiger charge is -2.10. The first-order valence-corrected chi connectivity index (χ1v) is 10.6. The summed E-state index contributed by atoms with van der Waals surface area (Å²) in [7, 11) is -3.83. The van der Waals surface area contributed by atoms with Gasteiger partial charge < -0.3 is 9.72 Å². The number of halogens is 1. The number of nitrogens with zero attached hydrogens (tertiary/aromatic N) is 2. The van der Waals surface area contributed by atoms with Gasteiger partial charge in [-0.1, -0.05) is 18.2 Å². The molecule has 2 aromatic heterocycles. The molecule has 8 heteroatoms. The number of rotatable bonds is 5. The lowest BCUT2D eigenvalue weighted by atomic mass is 10.2.